The number of anilines is 2. The van der Waals surface area contributed by atoms with Gasteiger partial charge in [-0.25, -0.2) is 8.42 Å². The van der Waals surface area contributed by atoms with Crippen molar-refractivity contribution in [3.05, 3.63) is 48.0 Å². The molecule has 0 unspecified atom stereocenters. The molecular weight excluding hydrogens is 454 g/mol. The topological polar surface area (TPSA) is 96.0 Å². The highest BCUT2D eigenvalue weighted by Crippen LogP contribution is 2.32. The lowest BCUT2D eigenvalue weighted by molar-refractivity contribution is -0.120. The number of benzene rings is 2. The molecule has 34 heavy (non-hydrogen) atoms. The van der Waals surface area contributed by atoms with Crippen LogP contribution in [0.3, 0.4) is 0 Å². The molecule has 1 saturated heterocycles. The van der Waals surface area contributed by atoms with E-state index in [2.05, 4.69) is 5.32 Å². The van der Waals surface area contributed by atoms with Crippen molar-refractivity contribution in [1.29, 1.82) is 0 Å². The number of fused-ring (bicyclic) bond motifs is 1. The quantitative estimate of drug-likeness (QED) is 0.653. The predicted octanol–water partition coefficient (Wildman–Crippen LogP) is 3.18. The van der Waals surface area contributed by atoms with Crippen molar-refractivity contribution < 1.29 is 22.7 Å². The van der Waals surface area contributed by atoms with E-state index >= 15 is 0 Å². The summed E-state index contributed by atoms with van der Waals surface area (Å²) in [5.41, 5.74) is 2.26. The Morgan fingerprint density at radius 3 is 2.56 bits per heavy atom. The van der Waals surface area contributed by atoms with Crippen LogP contribution >= 0.6 is 0 Å². The highest BCUT2D eigenvalue weighted by molar-refractivity contribution is 7.89. The van der Waals surface area contributed by atoms with Gasteiger partial charge in [-0.15, -0.1) is 0 Å². The van der Waals surface area contributed by atoms with E-state index in [9.17, 15) is 18.0 Å². The number of nitrogens with zero attached hydrogens (tertiary/aromatic N) is 2. The molecule has 1 aliphatic carbocycles. The fourth-order valence-electron chi connectivity index (χ4n) is 4.55. The number of amides is 2. The molecule has 0 spiro atoms. The van der Waals surface area contributed by atoms with E-state index in [4.69, 9.17) is 4.74 Å². The molecule has 1 saturated carbocycles. The van der Waals surface area contributed by atoms with E-state index in [-0.39, 0.29) is 24.3 Å². The molecule has 8 nitrogen and oxygen atoms in total. The summed E-state index contributed by atoms with van der Waals surface area (Å²) in [4.78, 5) is 26.9. The van der Waals surface area contributed by atoms with Crippen LogP contribution in [0.25, 0.3) is 0 Å². The average molecular weight is 484 g/mol. The fraction of sp³-hybridized carbons (Fsp3) is 0.440. The van der Waals surface area contributed by atoms with Gasteiger partial charge in [0.25, 0.3) is 5.91 Å². The molecule has 2 amide bonds. The Morgan fingerprint density at radius 1 is 1.00 bits per heavy atom. The molecule has 180 valence electrons. The lowest BCUT2D eigenvalue weighted by atomic mass is 10.0. The van der Waals surface area contributed by atoms with Gasteiger partial charge < -0.3 is 15.0 Å². The molecule has 1 N–H and O–H groups in total. The molecule has 0 atom stereocenters. The molecular formula is C25H29N3O5S. The number of ether oxygens (including phenoxy) is 1. The van der Waals surface area contributed by atoms with Crippen LogP contribution in [0.4, 0.5) is 11.4 Å². The summed E-state index contributed by atoms with van der Waals surface area (Å²) in [5.74, 6) is 0.440. The van der Waals surface area contributed by atoms with Crippen LogP contribution in [-0.4, -0.2) is 50.8 Å². The van der Waals surface area contributed by atoms with Gasteiger partial charge in [-0.05, 0) is 74.4 Å². The first-order chi connectivity index (χ1) is 16.4. The number of carbonyl (C=O) groups is 2. The van der Waals surface area contributed by atoms with Crippen LogP contribution in [-0.2, 0) is 26.0 Å². The number of carbonyl (C=O) groups excluding carboxylic acids is 2. The van der Waals surface area contributed by atoms with Gasteiger partial charge in [0.1, 0.15) is 5.75 Å². The third-order valence-electron chi connectivity index (χ3n) is 6.59. The Balaban J connectivity index is 1.25. The normalized spacial score (nSPS) is 18.4. The number of nitrogens with one attached hydrogen (secondary N) is 1. The molecule has 0 bridgehead atoms. The summed E-state index contributed by atoms with van der Waals surface area (Å²) in [6.07, 6.45) is 5.13. The first-order valence-corrected chi connectivity index (χ1v) is 13.3. The lowest BCUT2D eigenvalue weighted by Gasteiger charge is -2.30. The summed E-state index contributed by atoms with van der Waals surface area (Å²) in [6.45, 7) is 1.54. The molecule has 3 aliphatic rings. The molecule has 5 rings (SSSR count). The van der Waals surface area contributed by atoms with Crippen LogP contribution in [0.1, 0.15) is 37.7 Å². The van der Waals surface area contributed by atoms with Gasteiger partial charge in [0.15, 0.2) is 6.61 Å². The van der Waals surface area contributed by atoms with Gasteiger partial charge in [-0.3, -0.25) is 9.59 Å². The zero-order valence-corrected chi connectivity index (χ0v) is 19.9. The first-order valence-electron chi connectivity index (χ1n) is 11.9. The van der Waals surface area contributed by atoms with E-state index < -0.39 is 10.0 Å². The summed E-state index contributed by atoms with van der Waals surface area (Å²) < 4.78 is 33.1. The van der Waals surface area contributed by atoms with Gasteiger partial charge >= 0.3 is 0 Å². The van der Waals surface area contributed by atoms with E-state index in [1.807, 2.05) is 0 Å². The molecule has 2 heterocycles. The van der Waals surface area contributed by atoms with E-state index in [1.165, 1.54) is 4.31 Å². The predicted molar refractivity (Wildman–Crippen MR) is 128 cm³/mol. The zero-order chi connectivity index (χ0) is 23.7. The summed E-state index contributed by atoms with van der Waals surface area (Å²) in [7, 11) is -3.50. The van der Waals surface area contributed by atoms with Crippen molar-refractivity contribution in [3.8, 4) is 5.75 Å². The largest absolute Gasteiger partial charge is 0.484 e. The molecule has 0 aromatic heterocycles. The molecule has 2 aliphatic heterocycles. The van der Waals surface area contributed by atoms with Crippen LogP contribution in [0, 0.1) is 5.92 Å². The maximum absolute atomic E-state index is 13.0. The van der Waals surface area contributed by atoms with E-state index in [0.717, 1.165) is 49.8 Å². The van der Waals surface area contributed by atoms with Crippen molar-refractivity contribution >= 4 is 33.2 Å². The van der Waals surface area contributed by atoms with Crippen LogP contribution in [0.5, 0.6) is 5.75 Å². The number of sulfonamides is 1. The standard InChI is InChI=1S/C25H29N3O5S/c29-24(17-33-21-7-3-6-20(16-21)26-25(30)18-8-9-18)28-14-4-5-19-15-22(10-11-23(19)28)34(31,32)27-12-1-2-13-27/h3,6-7,10-11,15-16,18H,1-2,4-5,8-9,12-14,17H2,(H,26,30). The van der Waals surface area contributed by atoms with Crippen LogP contribution < -0.4 is 15.0 Å². The second kappa shape index (κ2) is 9.38. The van der Waals surface area contributed by atoms with Gasteiger partial charge in [-0.1, -0.05) is 6.07 Å². The Hall–Kier alpha value is -2.91. The van der Waals surface area contributed by atoms with Crippen LogP contribution in [0.2, 0.25) is 0 Å². The molecule has 2 aromatic carbocycles. The monoisotopic (exact) mass is 483 g/mol. The lowest BCUT2D eigenvalue weighted by Crippen LogP contribution is -2.38. The number of hydrogen-bond acceptors (Lipinski definition) is 5. The second-order valence-electron chi connectivity index (χ2n) is 9.13. The number of hydrogen-bond donors (Lipinski definition) is 1. The molecule has 9 heteroatoms. The SMILES string of the molecule is O=C(Nc1cccc(OCC(=O)N2CCCc3cc(S(=O)(=O)N4CCCC4)ccc32)c1)C1CC1. The maximum atomic E-state index is 13.0. The average Bonchev–Trinajstić information content (AvgIpc) is 3.55. The smallest absolute Gasteiger partial charge is 0.264 e. The van der Waals surface area contributed by atoms with Gasteiger partial charge in [-0.2, -0.15) is 4.31 Å². The zero-order valence-electron chi connectivity index (χ0n) is 19.0. The van der Waals surface area contributed by atoms with Crippen molar-refractivity contribution in [2.75, 3.05) is 36.5 Å². The minimum atomic E-state index is -3.50. The Bertz CT molecular complexity index is 1200. The molecule has 2 fully saturated rings. The third kappa shape index (κ3) is 4.81. The van der Waals surface area contributed by atoms with E-state index in [0.29, 0.717) is 36.0 Å². The van der Waals surface area contributed by atoms with Crippen molar-refractivity contribution in [1.82, 2.24) is 4.31 Å². The summed E-state index contributed by atoms with van der Waals surface area (Å²) >= 11 is 0. The number of aryl methyl sites for hydroxylation is 1. The first kappa shape index (κ1) is 22.9. The third-order valence-corrected chi connectivity index (χ3v) is 8.48. The van der Waals surface area contributed by atoms with Gasteiger partial charge in [0, 0.05) is 43.0 Å². The van der Waals surface area contributed by atoms with Crippen molar-refractivity contribution in [3.63, 3.8) is 0 Å². The Labute approximate surface area is 199 Å². The second-order valence-corrected chi connectivity index (χ2v) is 11.1. The number of rotatable bonds is 7. The van der Waals surface area contributed by atoms with Gasteiger partial charge in [0.05, 0.1) is 4.90 Å². The van der Waals surface area contributed by atoms with Gasteiger partial charge in [0.2, 0.25) is 15.9 Å². The highest BCUT2D eigenvalue weighted by atomic mass is 32.2. The summed E-state index contributed by atoms with van der Waals surface area (Å²) in [6, 6.07) is 12.1. The van der Waals surface area contributed by atoms with Crippen LogP contribution in [0.15, 0.2) is 47.4 Å². The van der Waals surface area contributed by atoms with Crippen molar-refractivity contribution in [2.24, 2.45) is 5.92 Å². The fourth-order valence-corrected chi connectivity index (χ4v) is 6.12. The highest BCUT2D eigenvalue weighted by Gasteiger charge is 2.31. The molecule has 2 aromatic rings. The van der Waals surface area contributed by atoms with E-state index in [1.54, 1.807) is 47.4 Å². The Kier molecular flexibility index (Phi) is 6.31. The maximum Gasteiger partial charge on any atom is 0.264 e. The minimum Gasteiger partial charge on any atom is -0.484 e. The van der Waals surface area contributed by atoms with Crippen molar-refractivity contribution in [2.45, 2.75) is 43.4 Å². The minimum absolute atomic E-state index is 0.0178. The molecule has 0 radical (unpaired) electrons. The summed E-state index contributed by atoms with van der Waals surface area (Å²) in [5, 5.41) is 2.88. The Morgan fingerprint density at radius 2 is 1.79 bits per heavy atom.